The molecule has 0 amide bonds. The van der Waals surface area contributed by atoms with Gasteiger partial charge in [-0.05, 0) is 38.8 Å². The summed E-state index contributed by atoms with van der Waals surface area (Å²) < 4.78 is 0. The van der Waals surface area contributed by atoms with E-state index in [1.165, 1.54) is 0 Å². The van der Waals surface area contributed by atoms with Crippen LogP contribution in [-0.2, 0) is 4.79 Å². The highest BCUT2D eigenvalue weighted by Crippen LogP contribution is 2.39. The first-order chi connectivity index (χ1) is 8.44. The van der Waals surface area contributed by atoms with Crippen molar-refractivity contribution in [2.24, 2.45) is 5.92 Å². The van der Waals surface area contributed by atoms with Crippen LogP contribution in [0.1, 0.15) is 26.7 Å². The van der Waals surface area contributed by atoms with Gasteiger partial charge < -0.3 is 10.0 Å². The van der Waals surface area contributed by atoms with Crippen LogP contribution in [0.25, 0.3) is 0 Å². The molecule has 18 heavy (non-hydrogen) atoms. The van der Waals surface area contributed by atoms with Gasteiger partial charge in [-0.25, -0.2) is 0 Å². The van der Waals surface area contributed by atoms with E-state index in [0.717, 1.165) is 25.1 Å². The van der Waals surface area contributed by atoms with Gasteiger partial charge in [0.1, 0.15) is 0 Å². The topological polar surface area (TPSA) is 40.5 Å². The third kappa shape index (κ3) is 2.19. The second kappa shape index (κ2) is 4.81. The second-order valence-electron chi connectivity index (χ2n) is 5.29. The molecule has 4 heteroatoms. The highest BCUT2D eigenvalue weighted by atomic mass is 35.5. The number of aliphatic carboxylic acids is 1. The van der Waals surface area contributed by atoms with Crippen molar-refractivity contribution >= 4 is 23.3 Å². The highest BCUT2D eigenvalue weighted by molar-refractivity contribution is 6.33. The molecule has 1 aliphatic rings. The predicted octanol–water partition coefficient (Wildman–Crippen LogP) is 3.42. The molecule has 1 unspecified atom stereocenters. The van der Waals surface area contributed by atoms with Crippen molar-refractivity contribution in [3.63, 3.8) is 0 Å². The van der Waals surface area contributed by atoms with Crippen molar-refractivity contribution in [3.05, 3.63) is 29.3 Å². The van der Waals surface area contributed by atoms with Crippen LogP contribution in [0.2, 0.25) is 5.02 Å². The Morgan fingerprint density at radius 1 is 1.44 bits per heavy atom. The maximum absolute atomic E-state index is 11.4. The number of hydrogen-bond donors (Lipinski definition) is 1. The van der Waals surface area contributed by atoms with Gasteiger partial charge in [-0.3, -0.25) is 4.79 Å². The number of carbonyl (C=O) groups is 1. The van der Waals surface area contributed by atoms with Crippen molar-refractivity contribution in [1.82, 2.24) is 0 Å². The Balaban J connectivity index is 2.39. The molecular formula is C14H18ClNO2. The van der Waals surface area contributed by atoms with E-state index < -0.39 is 11.5 Å². The number of rotatable bonds is 2. The van der Waals surface area contributed by atoms with E-state index in [0.29, 0.717) is 5.02 Å². The van der Waals surface area contributed by atoms with Crippen LogP contribution in [0.4, 0.5) is 5.69 Å². The lowest BCUT2D eigenvalue weighted by atomic mass is 9.78. The monoisotopic (exact) mass is 267 g/mol. The minimum absolute atomic E-state index is 0.359. The van der Waals surface area contributed by atoms with Crippen molar-refractivity contribution in [2.45, 2.75) is 32.2 Å². The number of carboxylic acids is 1. The largest absolute Gasteiger partial charge is 0.481 e. The average molecular weight is 268 g/mol. The molecule has 1 N–H and O–H groups in total. The van der Waals surface area contributed by atoms with Crippen molar-refractivity contribution in [2.75, 3.05) is 11.4 Å². The normalized spacial score (nSPS) is 22.8. The Morgan fingerprint density at radius 2 is 2.11 bits per heavy atom. The van der Waals surface area contributed by atoms with Gasteiger partial charge in [0.25, 0.3) is 0 Å². The molecule has 98 valence electrons. The summed E-state index contributed by atoms with van der Waals surface area (Å²) in [5.41, 5.74) is 0.504. The maximum Gasteiger partial charge on any atom is 0.308 e. The number of nitrogens with zero attached hydrogens (tertiary/aromatic N) is 1. The second-order valence-corrected chi connectivity index (χ2v) is 5.70. The fourth-order valence-electron chi connectivity index (χ4n) is 2.81. The molecular weight excluding hydrogens is 250 g/mol. The standard InChI is InChI=1S/C14H18ClNO2/c1-14(2)10(13(17)18)6-5-9-16(14)12-8-4-3-7-11(12)15/h3-4,7-8,10H,5-6,9H2,1-2H3,(H,17,18). The lowest BCUT2D eigenvalue weighted by molar-refractivity contribution is -0.144. The number of hydrogen-bond acceptors (Lipinski definition) is 2. The fraction of sp³-hybridized carbons (Fsp3) is 0.500. The van der Waals surface area contributed by atoms with Crippen LogP contribution in [-0.4, -0.2) is 23.2 Å². The van der Waals surface area contributed by atoms with Crippen molar-refractivity contribution in [3.8, 4) is 0 Å². The van der Waals surface area contributed by atoms with Gasteiger partial charge in [0, 0.05) is 12.1 Å². The van der Waals surface area contributed by atoms with Crippen LogP contribution in [0.3, 0.4) is 0 Å². The molecule has 0 saturated carbocycles. The third-order valence-corrected chi connectivity index (χ3v) is 4.18. The number of para-hydroxylation sites is 1. The zero-order valence-corrected chi connectivity index (χ0v) is 11.4. The summed E-state index contributed by atoms with van der Waals surface area (Å²) in [5, 5.41) is 10.0. The van der Waals surface area contributed by atoms with Crippen molar-refractivity contribution in [1.29, 1.82) is 0 Å². The summed E-state index contributed by atoms with van der Waals surface area (Å²) in [6.07, 6.45) is 1.61. The van der Waals surface area contributed by atoms with E-state index in [9.17, 15) is 9.90 Å². The third-order valence-electron chi connectivity index (χ3n) is 3.86. The molecule has 0 aromatic heterocycles. The summed E-state index contributed by atoms with van der Waals surface area (Å²) in [4.78, 5) is 13.5. The molecule has 3 nitrogen and oxygen atoms in total. The first kappa shape index (κ1) is 13.2. The molecule has 0 bridgehead atoms. The summed E-state index contributed by atoms with van der Waals surface area (Å²) in [7, 11) is 0. The van der Waals surface area contributed by atoms with Gasteiger partial charge in [-0.15, -0.1) is 0 Å². The van der Waals surface area contributed by atoms with E-state index in [-0.39, 0.29) is 5.92 Å². The van der Waals surface area contributed by atoms with Gasteiger partial charge in [0.2, 0.25) is 0 Å². The number of carboxylic acid groups (broad SMARTS) is 1. The fourth-order valence-corrected chi connectivity index (χ4v) is 3.05. The summed E-state index contributed by atoms with van der Waals surface area (Å²) >= 11 is 6.22. The molecule has 0 spiro atoms. The lowest BCUT2D eigenvalue weighted by Crippen LogP contribution is -2.56. The molecule has 0 aliphatic carbocycles. The molecule has 1 aliphatic heterocycles. The molecule has 2 rings (SSSR count). The van der Waals surface area contributed by atoms with E-state index >= 15 is 0 Å². The highest BCUT2D eigenvalue weighted by Gasteiger charge is 2.43. The molecule has 1 saturated heterocycles. The van der Waals surface area contributed by atoms with E-state index in [4.69, 9.17) is 11.6 Å². The Labute approximate surface area is 112 Å². The maximum atomic E-state index is 11.4. The number of benzene rings is 1. The van der Waals surface area contributed by atoms with Crippen LogP contribution >= 0.6 is 11.6 Å². The van der Waals surface area contributed by atoms with Crippen LogP contribution < -0.4 is 4.90 Å². The minimum Gasteiger partial charge on any atom is -0.481 e. The molecule has 1 aromatic carbocycles. The van der Waals surface area contributed by atoms with Gasteiger partial charge in [-0.2, -0.15) is 0 Å². The predicted molar refractivity (Wildman–Crippen MR) is 73.2 cm³/mol. The first-order valence-corrected chi connectivity index (χ1v) is 6.57. The first-order valence-electron chi connectivity index (χ1n) is 6.19. The van der Waals surface area contributed by atoms with Crippen LogP contribution in [0.15, 0.2) is 24.3 Å². The van der Waals surface area contributed by atoms with E-state index in [1.54, 1.807) is 0 Å². The van der Waals surface area contributed by atoms with Crippen LogP contribution in [0.5, 0.6) is 0 Å². The quantitative estimate of drug-likeness (QED) is 0.893. The number of piperidine rings is 1. The van der Waals surface area contributed by atoms with Crippen molar-refractivity contribution < 1.29 is 9.90 Å². The number of halogens is 1. The van der Waals surface area contributed by atoms with Crippen LogP contribution in [0, 0.1) is 5.92 Å². The molecule has 1 fully saturated rings. The SMILES string of the molecule is CC1(C)C(C(=O)O)CCCN1c1ccccc1Cl. The zero-order valence-electron chi connectivity index (χ0n) is 10.7. The van der Waals surface area contributed by atoms with Gasteiger partial charge in [0.15, 0.2) is 0 Å². The van der Waals surface area contributed by atoms with Gasteiger partial charge >= 0.3 is 5.97 Å². The molecule has 0 radical (unpaired) electrons. The number of anilines is 1. The average Bonchev–Trinajstić information content (AvgIpc) is 2.29. The Morgan fingerprint density at radius 3 is 2.72 bits per heavy atom. The van der Waals surface area contributed by atoms with Gasteiger partial charge in [0.05, 0.1) is 16.6 Å². The smallest absolute Gasteiger partial charge is 0.308 e. The molecule has 1 heterocycles. The Bertz CT molecular complexity index is 459. The Kier molecular flexibility index (Phi) is 3.53. The Hall–Kier alpha value is -1.22. The molecule has 1 aromatic rings. The van der Waals surface area contributed by atoms with E-state index in [1.807, 2.05) is 38.1 Å². The molecule has 1 atom stereocenters. The zero-order chi connectivity index (χ0) is 13.3. The lowest BCUT2D eigenvalue weighted by Gasteiger charge is -2.48. The summed E-state index contributed by atoms with van der Waals surface area (Å²) in [6, 6.07) is 7.62. The van der Waals surface area contributed by atoms with Gasteiger partial charge in [-0.1, -0.05) is 23.7 Å². The minimum atomic E-state index is -0.725. The summed E-state index contributed by atoms with van der Waals surface area (Å²) in [6.45, 7) is 4.81. The summed E-state index contributed by atoms with van der Waals surface area (Å²) in [5.74, 6) is -1.08. The van der Waals surface area contributed by atoms with E-state index in [2.05, 4.69) is 4.90 Å².